The van der Waals surface area contributed by atoms with Gasteiger partial charge in [-0.25, -0.2) is 0 Å². The van der Waals surface area contributed by atoms with Crippen LogP contribution in [0.5, 0.6) is 28.7 Å². The van der Waals surface area contributed by atoms with E-state index in [-0.39, 0.29) is 18.3 Å². The zero-order valence-corrected chi connectivity index (χ0v) is 14.3. The van der Waals surface area contributed by atoms with Gasteiger partial charge in [-0.2, -0.15) is 0 Å². The fourth-order valence-electron chi connectivity index (χ4n) is 3.98. The number of hydrogen-bond donors (Lipinski definition) is 2. The number of ether oxygens (including phenoxy) is 4. The molecule has 2 aromatic rings. The van der Waals surface area contributed by atoms with E-state index < -0.39 is 5.60 Å². The van der Waals surface area contributed by atoms with E-state index in [1.807, 2.05) is 18.2 Å². The van der Waals surface area contributed by atoms with E-state index >= 15 is 0 Å². The average molecular weight is 344 g/mol. The maximum Gasteiger partial charge on any atom is 0.201 e. The first-order valence-corrected chi connectivity index (χ1v) is 8.02. The van der Waals surface area contributed by atoms with Crippen LogP contribution in [-0.4, -0.2) is 43.8 Å². The summed E-state index contributed by atoms with van der Waals surface area (Å²) in [5, 5.41) is 21.6. The summed E-state index contributed by atoms with van der Waals surface area (Å²) < 4.78 is 21.7. The lowest BCUT2D eigenvalue weighted by Gasteiger charge is -2.36. The molecule has 132 valence electrons. The molecule has 6 nitrogen and oxygen atoms in total. The third-order valence-corrected chi connectivity index (χ3v) is 5.11. The molecule has 0 amide bonds. The van der Waals surface area contributed by atoms with Crippen molar-refractivity contribution >= 4 is 0 Å². The molecule has 2 atom stereocenters. The van der Waals surface area contributed by atoms with Crippen LogP contribution >= 0.6 is 0 Å². The van der Waals surface area contributed by atoms with Crippen LogP contribution < -0.4 is 18.9 Å². The number of benzene rings is 2. The molecule has 0 spiro atoms. The normalized spacial score (nSPS) is 23.1. The Morgan fingerprint density at radius 3 is 2.36 bits per heavy atom. The van der Waals surface area contributed by atoms with Crippen molar-refractivity contribution in [3.05, 3.63) is 41.0 Å². The van der Waals surface area contributed by atoms with Gasteiger partial charge in [0.1, 0.15) is 12.2 Å². The molecule has 0 saturated heterocycles. The van der Waals surface area contributed by atoms with E-state index in [0.29, 0.717) is 29.4 Å². The molecule has 0 radical (unpaired) electrons. The highest BCUT2D eigenvalue weighted by Crippen LogP contribution is 2.55. The van der Waals surface area contributed by atoms with Crippen LogP contribution in [0.1, 0.15) is 22.6 Å². The summed E-state index contributed by atoms with van der Waals surface area (Å²) >= 11 is 0. The minimum absolute atomic E-state index is 0.0454. The Hall–Kier alpha value is -2.60. The van der Waals surface area contributed by atoms with E-state index in [9.17, 15) is 10.2 Å². The van der Waals surface area contributed by atoms with Crippen molar-refractivity contribution in [2.75, 3.05) is 27.9 Å². The van der Waals surface area contributed by atoms with Crippen molar-refractivity contribution in [2.45, 2.75) is 17.9 Å². The second-order valence-electron chi connectivity index (χ2n) is 6.44. The minimum atomic E-state index is -1.08. The lowest BCUT2D eigenvalue weighted by Crippen LogP contribution is -2.43. The van der Waals surface area contributed by atoms with E-state index in [1.54, 1.807) is 20.3 Å². The molecule has 2 N–H and O–H groups in total. The Labute approximate surface area is 145 Å². The van der Waals surface area contributed by atoms with Gasteiger partial charge in [-0.3, -0.25) is 0 Å². The SMILES string of the molecule is COc1cc2c(cc1OC)[C@@H]1c3ccc(OC)c(O)c3OC[C@]1(O)C2. The molecular formula is C19H20O6. The molecule has 1 aliphatic carbocycles. The largest absolute Gasteiger partial charge is 0.502 e. The molecule has 0 aromatic heterocycles. The highest BCUT2D eigenvalue weighted by molar-refractivity contribution is 5.63. The van der Waals surface area contributed by atoms with Gasteiger partial charge < -0.3 is 29.2 Å². The molecule has 6 heteroatoms. The summed E-state index contributed by atoms with van der Waals surface area (Å²) in [4.78, 5) is 0. The number of methoxy groups -OCH3 is 3. The summed E-state index contributed by atoms with van der Waals surface area (Å²) in [5.41, 5.74) is 1.59. The van der Waals surface area contributed by atoms with Gasteiger partial charge in [0.2, 0.25) is 5.75 Å². The molecule has 0 unspecified atom stereocenters. The number of phenolic OH excluding ortho intramolecular Hbond substituents is 1. The second kappa shape index (κ2) is 5.46. The monoisotopic (exact) mass is 344 g/mol. The summed E-state index contributed by atoms with van der Waals surface area (Å²) in [7, 11) is 4.66. The van der Waals surface area contributed by atoms with Crippen molar-refractivity contribution in [1.29, 1.82) is 0 Å². The summed E-state index contributed by atoms with van der Waals surface area (Å²) in [6, 6.07) is 7.30. The van der Waals surface area contributed by atoms with Crippen LogP contribution in [0.2, 0.25) is 0 Å². The van der Waals surface area contributed by atoms with Crippen LogP contribution in [0.25, 0.3) is 0 Å². The minimum Gasteiger partial charge on any atom is -0.502 e. The standard InChI is InChI=1S/C19H20O6/c1-22-13-5-4-11-16-12-7-15(24-3)14(23-2)6-10(12)8-19(16,21)9-25-18(11)17(13)20/h4-7,16,20-21H,8-9H2,1-3H3/t16-,19+/m0/s1. The molecule has 0 saturated carbocycles. The molecule has 1 aliphatic heterocycles. The van der Waals surface area contributed by atoms with Gasteiger partial charge in [0.05, 0.1) is 21.3 Å². The first kappa shape index (κ1) is 15.9. The van der Waals surface area contributed by atoms with Gasteiger partial charge in [-0.15, -0.1) is 0 Å². The van der Waals surface area contributed by atoms with Gasteiger partial charge in [-0.05, 0) is 29.3 Å². The number of fused-ring (bicyclic) bond motifs is 5. The predicted octanol–water partition coefficient (Wildman–Crippen LogP) is 2.23. The summed E-state index contributed by atoms with van der Waals surface area (Å²) in [6.45, 7) is 0.0880. The quantitative estimate of drug-likeness (QED) is 0.889. The maximum atomic E-state index is 11.2. The van der Waals surface area contributed by atoms with Crippen molar-refractivity contribution in [1.82, 2.24) is 0 Å². The molecule has 2 aromatic carbocycles. The van der Waals surface area contributed by atoms with E-state index in [4.69, 9.17) is 18.9 Å². The number of aliphatic hydroxyl groups is 1. The third kappa shape index (κ3) is 2.14. The lowest BCUT2D eigenvalue weighted by molar-refractivity contribution is -0.0228. The Morgan fingerprint density at radius 2 is 1.68 bits per heavy atom. The molecule has 25 heavy (non-hydrogen) atoms. The fraction of sp³-hybridized carbons (Fsp3) is 0.368. The third-order valence-electron chi connectivity index (χ3n) is 5.11. The van der Waals surface area contributed by atoms with Gasteiger partial charge >= 0.3 is 0 Å². The van der Waals surface area contributed by atoms with E-state index in [1.165, 1.54) is 7.11 Å². The Bertz CT molecular complexity index is 846. The smallest absolute Gasteiger partial charge is 0.201 e. The van der Waals surface area contributed by atoms with Crippen LogP contribution in [-0.2, 0) is 6.42 Å². The first-order chi connectivity index (χ1) is 12.0. The van der Waals surface area contributed by atoms with Crippen molar-refractivity contribution in [2.24, 2.45) is 0 Å². The second-order valence-corrected chi connectivity index (χ2v) is 6.44. The van der Waals surface area contributed by atoms with Crippen LogP contribution in [0.4, 0.5) is 0 Å². The molecule has 0 bridgehead atoms. The zero-order chi connectivity index (χ0) is 17.8. The number of phenols is 1. The lowest BCUT2D eigenvalue weighted by atomic mass is 9.80. The van der Waals surface area contributed by atoms with Crippen molar-refractivity contribution < 1.29 is 29.2 Å². The maximum absolute atomic E-state index is 11.2. The van der Waals surface area contributed by atoms with Gasteiger partial charge in [0, 0.05) is 17.9 Å². The molecule has 1 heterocycles. The summed E-state index contributed by atoms with van der Waals surface area (Å²) in [6.07, 6.45) is 0.444. The Balaban J connectivity index is 1.91. The first-order valence-electron chi connectivity index (χ1n) is 8.02. The zero-order valence-electron chi connectivity index (χ0n) is 14.3. The van der Waals surface area contributed by atoms with Crippen LogP contribution in [0.15, 0.2) is 24.3 Å². The van der Waals surface area contributed by atoms with Gasteiger partial charge in [-0.1, -0.05) is 6.07 Å². The molecular weight excluding hydrogens is 324 g/mol. The topological polar surface area (TPSA) is 77.4 Å². The number of aromatic hydroxyl groups is 1. The van der Waals surface area contributed by atoms with E-state index in [0.717, 1.165) is 16.7 Å². The van der Waals surface area contributed by atoms with Crippen molar-refractivity contribution in [3.63, 3.8) is 0 Å². The Kier molecular flexibility index (Phi) is 3.47. The van der Waals surface area contributed by atoms with Gasteiger partial charge in [0.15, 0.2) is 23.0 Å². The highest BCUT2D eigenvalue weighted by Gasteiger charge is 2.51. The van der Waals surface area contributed by atoms with Gasteiger partial charge in [0.25, 0.3) is 0 Å². The summed E-state index contributed by atoms with van der Waals surface area (Å²) in [5.74, 6) is 1.57. The van der Waals surface area contributed by atoms with Crippen LogP contribution in [0.3, 0.4) is 0 Å². The number of rotatable bonds is 3. The fourth-order valence-corrected chi connectivity index (χ4v) is 3.98. The number of hydrogen-bond acceptors (Lipinski definition) is 6. The highest BCUT2D eigenvalue weighted by atomic mass is 16.5. The Morgan fingerprint density at radius 1 is 1.00 bits per heavy atom. The molecule has 0 fully saturated rings. The van der Waals surface area contributed by atoms with Crippen molar-refractivity contribution in [3.8, 4) is 28.7 Å². The predicted molar refractivity (Wildman–Crippen MR) is 90.2 cm³/mol. The van der Waals surface area contributed by atoms with E-state index in [2.05, 4.69) is 0 Å². The molecule has 2 aliphatic rings. The average Bonchev–Trinajstić information content (AvgIpc) is 2.92. The molecule has 4 rings (SSSR count). The van der Waals surface area contributed by atoms with Crippen LogP contribution in [0, 0.1) is 0 Å².